The first-order valence-corrected chi connectivity index (χ1v) is 8.16. The molecule has 0 radical (unpaired) electrons. The Morgan fingerprint density at radius 1 is 1.31 bits per heavy atom. The summed E-state index contributed by atoms with van der Waals surface area (Å²) in [7, 11) is 1.48. The number of halogens is 5. The number of carbonyl (C=O) groups excluding carboxylic acids is 1. The second-order valence-corrected chi connectivity index (χ2v) is 6.02. The van der Waals surface area contributed by atoms with Crippen molar-refractivity contribution >= 4 is 17.5 Å². The summed E-state index contributed by atoms with van der Waals surface area (Å²) >= 11 is 5.62. The molecule has 0 saturated carbocycles. The average Bonchev–Trinajstić information content (AvgIpc) is 3.16. The maximum absolute atomic E-state index is 13.3. The van der Waals surface area contributed by atoms with Crippen LogP contribution >= 0.6 is 11.6 Å². The molecule has 2 rings (SSSR count). The molecule has 0 aliphatic rings. The van der Waals surface area contributed by atoms with Crippen LogP contribution in [0, 0.1) is 0 Å². The summed E-state index contributed by atoms with van der Waals surface area (Å²) in [6.45, 7) is 3.97. The number of aromatic nitrogens is 4. The van der Waals surface area contributed by atoms with Crippen molar-refractivity contribution in [2.75, 3.05) is 7.05 Å². The third-order valence-electron chi connectivity index (χ3n) is 3.93. The molecule has 0 N–H and O–H groups in total. The van der Waals surface area contributed by atoms with Gasteiger partial charge in [0.15, 0.2) is 0 Å². The Bertz CT molecular complexity index is 776. The molecule has 0 fully saturated rings. The van der Waals surface area contributed by atoms with E-state index in [-0.39, 0.29) is 6.54 Å². The Labute approximate surface area is 152 Å². The number of nitrogens with zero attached hydrogens (tertiary/aromatic N) is 5. The molecule has 0 spiro atoms. The van der Waals surface area contributed by atoms with Gasteiger partial charge in [-0.05, 0) is 19.9 Å². The number of carbonyl (C=O) groups is 1. The van der Waals surface area contributed by atoms with E-state index in [1.54, 1.807) is 16.9 Å². The van der Waals surface area contributed by atoms with Gasteiger partial charge in [-0.3, -0.25) is 9.48 Å². The van der Waals surface area contributed by atoms with E-state index < -0.39 is 41.2 Å². The Kier molecular flexibility index (Phi) is 6.27. The van der Waals surface area contributed by atoms with E-state index in [0.29, 0.717) is 11.2 Å². The Morgan fingerprint density at radius 3 is 2.50 bits per heavy atom. The molecule has 2 aromatic heterocycles. The predicted octanol–water partition coefficient (Wildman–Crippen LogP) is 3.85. The smallest absolute Gasteiger partial charge is 0.283 e. The third-order valence-corrected chi connectivity index (χ3v) is 4.32. The van der Waals surface area contributed by atoms with Crippen molar-refractivity contribution in [1.82, 2.24) is 24.5 Å². The van der Waals surface area contributed by atoms with Gasteiger partial charge in [0.1, 0.15) is 17.4 Å². The van der Waals surface area contributed by atoms with Gasteiger partial charge in [-0.1, -0.05) is 11.6 Å². The van der Waals surface area contributed by atoms with Gasteiger partial charge in [-0.2, -0.15) is 10.2 Å². The van der Waals surface area contributed by atoms with Crippen LogP contribution < -0.4 is 0 Å². The van der Waals surface area contributed by atoms with Crippen molar-refractivity contribution in [3.05, 3.63) is 34.4 Å². The molecule has 26 heavy (non-hydrogen) atoms. The quantitative estimate of drug-likeness (QED) is 0.669. The lowest BCUT2D eigenvalue weighted by atomic mass is 10.2. The summed E-state index contributed by atoms with van der Waals surface area (Å²) in [5.41, 5.74) is -1.11. The van der Waals surface area contributed by atoms with Crippen molar-refractivity contribution in [2.45, 2.75) is 45.8 Å². The molecule has 2 aromatic rings. The first kappa shape index (κ1) is 20.2. The molecule has 11 heteroatoms. The highest BCUT2D eigenvalue weighted by Gasteiger charge is 2.32. The summed E-state index contributed by atoms with van der Waals surface area (Å²) in [6, 6.07) is 0.495. The van der Waals surface area contributed by atoms with Crippen molar-refractivity contribution < 1.29 is 22.4 Å². The maximum Gasteiger partial charge on any atom is 0.283 e. The highest BCUT2D eigenvalue weighted by Crippen LogP contribution is 2.36. The van der Waals surface area contributed by atoms with Crippen LogP contribution in [0.3, 0.4) is 0 Å². The molecular weight excluding hydrogens is 378 g/mol. The molecule has 0 aromatic carbocycles. The number of amides is 1. The van der Waals surface area contributed by atoms with Gasteiger partial charge in [-0.15, -0.1) is 0 Å². The fourth-order valence-corrected chi connectivity index (χ4v) is 2.89. The van der Waals surface area contributed by atoms with Crippen LogP contribution in [0.4, 0.5) is 17.6 Å². The Hall–Kier alpha value is -2.10. The van der Waals surface area contributed by atoms with Gasteiger partial charge in [0.05, 0.1) is 17.3 Å². The number of hydrogen-bond acceptors (Lipinski definition) is 3. The van der Waals surface area contributed by atoms with Crippen LogP contribution in [-0.4, -0.2) is 37.4 Å². The Morgan fingerprint density at radius 2 is 1.96 bits per heavy atom. The molecule has 6 nitrogen and oxygen atoms in total. The zero-order valence-corrected chi connectivity index (χ0v) is 15.1. The van der Waals surface area contributed by atoms with E-state index in [1.807, 2.05) is 6.92 Å². The lowest BCUT2D eigenvalue weighted by Crippen LogP contribution is -2.34. The molecule has 0 bridgehead atoms. The van der Waals surface area contributed by atoms with Gasteiger partial charge < -0.3 is 4.90 Å². The van der Waals surface area contributed by atoms with Crippen LogP contribution in [0.2, 0.25) is 5.02 Å². The highest BCUT2D eigenvalue weighted by atomic mass is 35.5. The van der Waals surface area contributed by atoms with Gasteiger partial charge in [-0.25, -0.2) is 22.2 Å². The first-order chi connectivity index (χ1) is 12.2. The van der Waals surface area contributed by atoms with Crippen molar-refractivity contribution in [3.8, 4) is 0 Å². The highest BCUT2D eigenvalue weighted by molar-refractivity contribution is 6.32. The van der Waals surface area contributed by atoms with Crippen molar-refractivity contribution in [3.63, 3.8) is 0 Å². The first-order valence-electron chi connectivity index (χ1n) is 7.78. The van der Waals surface area contributed by atoms with Crippen molar-refractivity contribution in [2.24, 2.45) is 0 Å². The largest absolute Gasteiger partial charge is 0.338 e. The minimum Gasteiger partial charge on any atom is -0.338 e. The molecule has 2 heterocycles. The summed E-state index contributed by atoms with van der Waals surface area (Å²) in [4.78, 5) is 13.9. The lowest BCUT2D eigenvalue weighted by molar-refractivity contribution is -0.134. The van der Waals surface area contributed by atoms with Crippen LogP contribution in [0.5, 0.6) is 0 Å². The standard InChI is InChI=1S/C15H18ClF4N5O/c1-4-24-9(5-6-21-24)7-23(3)15(26)8(2)25-12(14(19)20)10(16)11(22-25)13(17)18/h5-6,8,13-14H,4,7H2,1-3H3. The van der Waals surface area contributed by atoms with Crippen LogP contribution in [0.15, 0.2) is 12.3 Å². The summed E-state index contributed by atoms with van der Waals surface area (Å²) in [6.07, 6.45) is -4.69. The molecular formula is C15H18ClF4N5O. The summed E-state index contributed by atoms with van der Waals surface area (Å²) in [5, 5.41) is 6.72. The zero-order valence-electron chi connectivity index (χ0n) is 14.3. The Balaban J connectivity index is 2.28. The molecule has 1 atom stereocenters. The fraction of sp³-hybridized carbons (Fsp3) is 0.533. The van der Waals surface area contributed by atoms with Crippen molar-refractivity contribution in [1.29, 1.82) is 0 Å². The van der Waals surface area contributed by atoms with Crippen LogP contribution in [0.25, 0.3) is 0 Å². The molecule has 0 aliphatic carbocycles. The SMILES string of the molecule is CCn1nccc1CN(C)C(=O)C(C)n1nc(C(F)F)c(Cl)c1C(F)F. The number of rotatable bonds is 7. The van der Waals surface area contributed by atoms with E-state index in [4.69, 9.17) is 11.6 Å². The minimum atomic E-state index is -3.15. The van der Waals surface area contributed by atoms with E-state index >= 15 is 0 Å². The van der Waals surface area contributed by atoms with Gasteiger partial charge >= 0.3 is 0 Å². The van der Waals surface area contributed by atoms with Gasteiger partial charge in [0.25, 0.3) is 12.9 Å². The summed E-state index contributed by atoms with van der Waals surface area (Å²) < 4.78 is 54.7. The monoisotopic (exact) mass is 395 g/mol. The number of hydrogen-bond donors (Lipinski definition) is 0. The van der Waals surface area contributed by atoms with E-state index in [0.717, 1.165) is 5.69 Å². The third kappa shape index (κ3) is 3.84. The van der Waals surface area contributed by atoms with E-state index in [2.05, 4.69) is 10.2 Å². The van der Waals surface area contributed by atoms with Crippen LogP contribution in [0.1, 0.15) is 49.8 Å². The zero-order chi connectivity index (χ0) is 19.6. The fourth-order valence-electron chi connectivity index (χ4n) is 2.60. The second-order valence-electron chi connectivity index (χ2n) is 5.64. The molecule has 144 valence electrons. The minimum absolute atomic E-state index is 0.178. The second kappa shape index (κ2) is 8.07. The number of aryl methyl sites for hydroxylation is 1. The number of likely N-dealkylation sites (N-methyl/N-ethyl adjacent to an activating group) is 1. The van der Waals surface area contributed by atoms with E-state index in [9.17, 15) is 22.4 Å². The topological polar surface area (TPSA) is 56.0 Å². The predicted molar refractivity (Wildman–Crippen MR) is 86.2 cm³/mol. The summed E-state index contributed by atoms with van der Waals surface area (Å²) in [5.74, 6) is -0.573. The average molecular weight is 396 g/mol. The molecule has 0 saturated heterocycles. The molecule has 1 unspecified atom stereocenters. The lowest BCUT2D eigenvalue weighted by Gasteiger charge is -2.23. The molecule has 1 amide bonds. The maximum atomic E-state index is 13.3. The normalized spacial score (nSPS) is 12.8. The van der Waals surface area contributed by atoms with Gasteiger partial charge in [0, 0.05) is 19.8 Å². The number of alkyl halides is 4. The van der Waals surface area contributed by atoms with Gasteiger partial charge in [0.2, 0.25) is 5.91 Å². The van der Waals surface area contributed by atoms with E-state index in [1.165, 1.54) is 18.9 Å². The molecule has 0 aliphatic heterocycles. The van der Waals surface area contributed by atoms with Crippen LogP contribution in [-0.2, 0) is 17.9 Å².